The largest absolute Gasteiger partial charge is 0.480 e. The maximum atomic E-state index is 12.4. The number of amides is 1. The van der Waals surface area contributed by atoms with E-state index in [4.69, 9.17) is 9.84 Å². The quantitative estimate of drug-likeness (QED) is 0.590. The Morgan fingerprint density at radius 3 is 2.67 bits per heavy atom. The fraction of sp³-hybridized carbons (Fsp3) is 0.467. The number of thioether (sulfide) groups is 1. The molecule has 1 aromatic rings. The van der Waals surface area contributed by atoms with Gasteiger partial charge in [-0.15, -0.1) is 11.8 Å². The summed E-state index contributed by atoms with van der Waals surface area (Å²) in [6.07, 6.45) is 0.763. The van der Waals surface area contributed by atoms with Crippen LogP contribution < -0.4 is 0 Å². The minimum atomic E-state index is -0.893. The molecule has 1 N–H and O–H groups in total. The van der Waals surface area contributed by atoms with E-state index in [0.717, 1.165) is 6.42 Å². The van der Waals surface area contributed by atoms with E-state index >= 15 is 0 Å². The number of nitrogens with zero attached hydrogens (tertiary/aromatic N) is 1. The van der Waals surface area contributed by atoms with Gasteiger partial charge in [0.15, 0.2) is 0 Å². The molecule has 5 nitrogen and oxygen atoms in total. The zero-order valence-corrected chi connectivity index (χ0v) is 13.4. The lowest BCUT2D eigenvalue weighted by atomic mass is 10.2. The minimum Gasteiger partial charge on any atom is -0.480 e. The number of ether oxygens (including phenoxy) is 1. The molecule has 1 aromatic carbocycles. The lowest BCUT2D eigenvalue weighted by Crippen LogP contribution is -2.29. The van der Waals surface area contributed by atoms with Crippen molar-refractivity contribution in [2.45, 2.75) is 23.5 Å². The van der Waals surface area contributed by atoms with E-state index in [1.54, 1.807) is 50.2 Å². The second kappa shape index (κ2) is 8.69. The molecule has 0 heterocycles. The first-order valence-electron chi connectivity index (χ1n) is 6.70. The Kier molecular flexibility index (Phi) is 7.25. The van der Waals surface area contributed by atoms with Crippen LogP contribution in [0.25, 0.3) is 0 Å². The first kappa shape index (κ1) is 17.5. The van der Waals surface area contributed by atoms with Crippen molar-refractivity contribution in [2.75, 3.05) is 27.3 Å². The molecule has 0 saturated carbocycles. The van der Waals surface area contributed by atoms with Crippen LogP contribution in [0.3, 0.4) is 0 Å². The Balaban J connectivity index is 2.81. The normalized spacial score (nSPS) is 12.0. The maximum Gasteiger partial charge on any atom is 0.316 e. The monoisotopic (exact) mass is 311 g/mol. The van der Waals surface area contributed by atoms with Gasteiger partial charge in [-0.2, -0.15) is 0 Å². The molecule has 1 amide bonds. The van der Waals surface area contributed by atoms with Gasteiger partial charge < -0.3 is 14.7 Å². The van der Waals surface area contributed by atoms with E-state index in [1.807, 2.05) is 0 Å². The van der Waals surface area contributed by atoms with Crippen LogP contribution >= 0.6 is 11.8 Å². The predicted molar refractivity (Wildman–Crippen MR) is 82.9 cm³/mol. The van der Waals surface area contributed by atoms with Gasteiger partial charge in [0.1, 0.15) is 5.25 Å². The maximum absolute atomic E-state index is 12.4. The van der Waals surface area contributed by atoms with E-state index < -0.39 is 11.2 Å². The van der Waals surface area contributed by atoms with Gasteiger partial charge >= 0.3 is 5.97 Å². The van der Waals surface area contributed by atoms with Crippen molar-refractivity contribution in [1.29, 1.82) is 0 Å². The fourth-order valence-corrected chi connectivity index (χ4v) is 2.66. The lowest BCUT2D eigenvalue weighted by Gasteiger charge is -2.19. The number of methoxy groups -OCH3 is 1. The van der Waals surface area contributed by atoms with Gasteiger partial charge in [-0.05, 0) is 25.5 Å². The summed E-state index contributed by atoms with van der Waals surface area (Å²) in [5.74, 6) is -0.998. The van der Waals surface area contributed by atoms with Crippen molar-refractivity contribution < 1.29 is 19.4 Å². The number of rotatable bonds is 8. The van der Waals surface area contributed by atoms with Gasteiger partial charge in [0, 0.05) is 32.2 Å². The van der Waals surface area contributed by atoms with E-state index in [1.165, 1.54) is 11.8 Å². The highest BCUT2D eigenvalue weighted by Crippen LogP contribution is 2.27. The molecule has 0 bridgehead atoms. The number of aliphatic carboxylic acids is 1. The highest BCUT2D eigenvalue weighted by molar-refractivity contribution is 8.00. The summed E-state index contributed by atoms with van der Waals surface area (Å²) in [4.78, 5) is 25.7. The summed E-state index contributed by atoms with van der Waals surface area (Å²) in [5, 5.41) is 8.40. The number of hydrogen-bond donors (Lipinski definition) is 1. The zero-order chi connectivity index (χ0) is 15.8. The Morgan fingerprint density at radius 2 is 2.05 bits per heavy atom. The number of carbonyl (C=O) groups is 2. The zero-order valence-electron chi connectivity index (χ0n) is 12.5. The van der Waals surface area contributed by atoms with Gasteiger partial charge in [0.25, 0.3) is 5.91 Å². The molecule has 0 radical (unpaired) electrons. The van der Waals surface area contributed by atoms with Crippen molar-refractivity contribution in [3.63, 3.8) is 0 Å². The van der Waals surface area contributed by atoms with E-state index in [9.17, 15) is 9.59 Å². The standard InChI is InChI=1S/C15H21NO4S/c1-11(15(18)19)21-13-8-5-4-7-12(13)14(17)16(2)9-6-10-20-3/h4-5,7-8,11H,6,9-10H2,1-3H3,(H,18,19). The topological polar surface area (TPSA) is 66.8 Å². The first-order valence-corrected chi connectivity index (χ1v) is 7.58. The van der Waals surface area contributed by atoms with Crippen molar-refractivity contribution >= 4 is 23.6 Å². The van der Waals surface area contributed by atoms with Crippen molar-refractivity contribution in [1.82, 2.24) is 4.90 Å². The van der Waals surface area contributed by atoms with Crippen molar-refractivity contribution in [2.24, 2.45) is 0 Å². The molecule has 0 aliphatic carbocycles. The van der Waals surface area contributed by atoms with Crippen molar-refractivity contribution in [3.05, 3.63) is 29.8 Å². The Hall–Kier alpha value is -1.53. The molecule has 0 fully saturated rings. The number of carboxylic acids is 1. The minimum absolute atomic E-state index is 0.105. The summed E-state index contributed by atoms with van der Waals surface area (Å²) in [5.41, 5.74) is 0.538. The number of carboxylic acid groups (broad SMARTS) is 1. The van der Waals surface area contributed by atoms with Gasteiger partial charge in [-0.3, -0.25) is 9.59 Å². The molecular weight excluding hydrogens is 290 g/mol. The third-order valence-electron chi connectivity index (χ3n) is 2.96. The highest BCUT2D eigenvalue weighted by Gasteiger charge is 2.19. The second-order valence-electron chi connectivity index (χ2n) is 4.67. The lowest BCUT2D eigenvalue weighted by molar-refractivity contribution is -0.136. The van der Waals surface area contributed by atoms with Crippen LogP contribution in [0.5, 0.6) is 0 Å². The first-order chi connectivity index (χ1) is 9.97. The average Bonchev–Trinajstić information content (AvgIpc) is 2.47. The molecule has 0 saturated heterocycles. The molecule has 0 spiro atoms. The molecule has 0 aromatic heterocycles. The van der Waals surface area contributed by atoms with Crippen LogP contribution in [0.2, 0.25) is 0 Å². The molecule has 0 aliphatic heterocycles. The predicted octanol–water partition coefficient (Wildman–Crippen LogP) is 2.36. The van der Waals surface area contributed by atoms with Crippen LogP contribution in [-0.2, 0) is 9.53 Å². The molecule has 0 aliphatic rings. The van der Waals surface area contributed by atoms with Crippen LogP contribution in [0.4, 0.5) is 0 Å². The summed E-state index contributed by atoms with van der Waals surface area (Å²) < 4.78 is 4.97. The van der Waals surface area contributed by atoms with Crippen LogP contribution in [-0.4, -0.2) is 54.4 Å². The van der Waals surface area contributed by atoms with Crippen LogP contribution in [0.15, 0.2) is 29.2 Å². The molecule has 116 valence electrons. The Morgan fingerprint density at radius 1 is 1.38 bits per heavy atom. The summed E-state index contributed by atoms with van der Waals surface area (Å²) in [6, 6.07) is 7.09. The fourth-order valence-electron chi connectivity index (χ4n) is 1.74. The van der Waals surface area contributed by atoms with E-state index in [-0.39, 0.29) is 5.91 Å². The molecule has 21 heavy (non-hydrogen) atoms. The molecule has 6 heteroatoms. The number of carbonyl (C=O) groups excluding carboxylic acids is 1. The van der Waals surface area contributed by atoms with Gasteiger partial charge in [-0.25, -0.2) is 0 Å². The summed E-state index contributed by atoms with van der Waals surface area (Å²) >= 11 is 1.18. The van der Waals surface area contributed by atoms with Crippen LogP contribution in [0, 0.1) is 0 Å². The number of hydrogen-bond acceptors (Lipinski definition) is 4. The van der Waals surface area contributed by atoms with Gasteiger partial charge in [-0.1, -0.05) is 12.1 Å². The third-order valence-corrected chi connectivity index (χ3v) is 4.12. The molecule has 1 unspecified atom stereocenters. The van der Waals surface area contributed by atoms with E-state index in [0.29, 0.717) is 23.6 Å². The smallest absolute Gasteiger partial charge is 0.316 e. The Bertz CT molecular complexity index is 492. The molecule has 1 rings (SSSR count). The average molecular weight is 311 g/mol. The molecular formula is C15H21NO4S. The summed E-state index contributed by atoms with van der Waals surface area (Å²) in [7, 11) is 3.36. The van der Waals surface area contributed by atoms with Crippen LogP contribution in [0.1, 0.15) is 23.7 Å². The Labute approximate surface area is 129 Å². The second-order valence-corrected chi connectivity index (χ2v) is 6.05. The SMILES string of the molecule is COCCCN(C)C(=O)c1ccccc1SC(C)C(=O)O. The van der Waals surface area contributed by atoms with E-state index in [2.05, 4.69) is 0 Å². The summed E-state index contributed by atoms with van der Waals surface area (Å²) in [6.45, 7) is 2.81. The van der Waals surface area contributed by atoms with Gasteiger partial charge in [0.05, 0.1) is 5.56 Å². The molecule has 1 atom stereocenters. The van der Waals surface area contributed by atoms with Gasteiger partial charge in [0.2, 0.25) is 0 Å². The third kappa shape index (κ3) is 5.40. The van der Waals surface area contributed by atoms with Crippen molar-refractivity contribution in [3.8, 4) is 0 Å². The highest BCUT2D eigenvalue weighted by atomic mass is 32.2. The number of benzene rings is 1.